The SMILES string of the molecule is O=C(C(C(=O)N1CCCCC1)C12CC3CC(CC(C3)C1)C2)N1CCCCC1. The Balaban J connectivity index is 1.46. The van der Waals surface area contributed by atoms with E-state index in [0.717, 1.165) is 88.9 Å². The van der Waals surface area contributed by atoms with Crippen molar-refractivity contribution in [2.75, 3.05) is 26.2 Å². The van der Waals surface area contributed by atoms with E-state index in [9.17, 15) is 9.59 Å². The van der Waals surface area contributed by atoms with E-state index < -0.39 is 0 Å². The van der Waals surface area contributed by atoms with Crippen molar-refractivity contribution in [1.29, 1.82) is 0 Å². The average Bonchev–Trinajstić information content (AvgIpc) is 2.68. The molecule has 0 spiro atoms. The summed E-state index contributed by atoms with van der Waals surface area (Å²) in [6.45, 7) is 3.48. The molecule has 4 heteroatoms. The highest BCUT2D eigenvalue weighted by Crippen LogP contribution is 2.63. The predicted molar refractivity (Wildman–Crippen MR) is 105 cm³/mol. The molecule has 2 aliphatic heterocycles. The first-order valence-electron chi connectivity index (χ1n) is 11.7. The molecule has 0 unspecified atom stereocenters. The van der Waals surface area contributed by atoms with Crippen LogP contribution in [0.3, 0.4) is 0 Å². The van der Waals surface area contributed by atoms with Crippen LogP contribution in [0.1, 0.15) is 77.0 Å². The van der Waals surface area contributed by atoms with Crippen LogP contribution in [0.2, 0.25) is 0 Å². The topological polar surface area (TPSA) is 40.6 Å². The van der Waals surface area contributed by atoms with Gasteiger partial charge in [-0.2, -0.15) is 0 Å². The smallest absolute Gasteiger partial charge is 0.235 e. The normalized spacial score (nSPS) is 38.5. The van der Waals surface area contributed by atoms with Gasteiger partial charge in [-0.25, -0.2) is 0 Å². The standard InChI is InChI=1S/C23H36N2O2/c26-21(24-7-3-1-4-8-24)20(22(27)25-9-5-2-6-10-25)23-14-17-11-18(15-23)13-19(12-17)16-23/h17-20H,1-16H2. The molecule has 4 nitrogen and oxygen atoms in total. The van der Waals surface area contributed by atoms with E-state index >= 15 is 0 Å². The summed E-state index contributed by atoms with van der Waals surface area (Å²) in [5.74, 6) is 2.37. The van der Waals surface area contributed by atoms with Crippen molar-refractivity contribution in [3.8, 4) is 0 Å². The lowest BCUT2D eigenvalue weighted by Crippen LogP contribution is -2.59. The molecule has 27 heavy (non-hydrogen) atoms. The van der Waals surface area contributed by atoms with E-state index in [1.165, 1.54) is 32.1 Å². The number of carbonyl (C=O) groups excluding carboxylic acids is 2. The maximum atomic E-state index is 13.8. The van der Waals surface area contributed by atoms with Crippen LogP contribution in [0, 0.1) is 29.1 Å². The van der Waals surface area contributed by atoms with Crippen molar-refractivity contribution in [2.24, 2.45) is 29.1 Å². The summed E-state index contributed by atoms with van der Waals surface area (Å²) in [5, 5.41) is 0. The number of hydrogen-bond acceptors (Lipinski definition) is 2. The number of likely N-dealkylation sites (tertiary alicyclic amines) is 2. The molecule has 2 saturated heterocycles. The Kier molecular flexibility index (Phi) is 4.72. The first kappa shape index (κ1) is 18.0. The highest BCUT2D eigenvalue weighted by atomic mass is 16.2. The summed E-state index contributed by atoms with van der Waals surface area (Å²) in [7, 11) is 0. The van der Waals surface area contributed by atoms with Crippen molar-refractivity contribution < 1.29 is 9.59 Å². The Labute approximate surface area is 164 Å². The summed E-state index contributed by atoms with van der Waals surface area (Å²) >= 11 is 0. The molecule has 0 N–H and O–H groups in total. The molecule has 2 amide bonds. The fourth-order valence-electron chi connectivity index (χ4n) is 7.75. The van der Waals surface area contributed by atoms with Gasteiger partial charge in [-0.05, 0) is 100 Å². The van der Waals surface area contributed by atoms with Crippen molar-refractivity contribution in [2.45, 2.75) is 77.0 Å². The lowest BCUT2D eigenvalue weighted by Gasteiger charge is -2.59. The van der Waals surface area contributed by atoms with Gasteiger partial charge in [0.1, 0.15) is 5.92 Å². The zero-order valence-electron chi connectivity index (χ0n) is 16.8. The van der Waals surface area contributed by atoms with E-state index in [0.29, 0.717) is 0 Å². The number of nitrogens with zero attached hydrogens (tertiary/aromatic N) is 2. The molecule has 6 fully saturated rings. The van der Waals surface area contributed by atoms with Gasteiger partial charge in [-0.1, -0.05) is 0 Å². The molecule has 0 aromatic rings. The highest BCUT2D eigenvalue weighted by Gasteiger charge is 2.59. The summed E-state index contributed by atoms with van der Waals surface area (Å²) in [4.78, 5) is 31.7. The van der Waals surface area contributed by atoms with Gasteiger partial charge in [0.2, 0.25) is 11.8 Å². The molecule has 2 heterocycles. The molecule has 6 rings (SSSR count). The summed E-state index contributed by atoms with van der Waals surface area (Å²) in [5.41, 5.74) is -0.0161. The number of hydrogen-bond donors (Lipinski definition) is 0. The maximum Gasteiger partial charge on any atom is 0.235 e. The minimum absolute atomic E-state index is 0.0161. The Morgan fingerprint density at radius 2 is 1.00 bits per heavy atom. The fraction of sp³-hybridized carbons (Fsp3) is 0.913. The molecular weight excluding hydrogens is 336 g/mol. The zero-order chi connectivity index (χ0) is 18.4. The Morgan fingerprint density at radius 3 is 1.37 bits per heavy atom. The van der Waals surface area contributed by atoms with Crippen LogP contribution in [0.5, 0.6) is 0 Å². The summed E-state index contributed by atoms with van der Waals surface area (Å²) in [6.07, 6.45) is 14.4. The lowest BCUT2D eigenvalue weighted by molar-refractivity contribution is -0.166. The first-order chi connectivity index (χ1) is 13.1. The van der Waals surface area contributed by atoms with Crippen LogP contribution in [0.25, 0.3) is 0 Å². The highest BCUT2D eigenvalue weighted by molar-refractivity contribution is 6.01. The van der Waals surface area contributed by atoms with Gasteiger partial charge in [0.15, 0.2) is 0 Å². The third-order valence-corrected chi connectivity index (χ3v) is 8.53. The van der Waals surface area contributed by atoms with E-state index in [4.69, 9.17) is 0 Å². The van der Waals surface area contributed by atoms with Crippen molar-refractivity contribution in [3.05, 3.63) is 0 Å². The minimum Gasteiger partial charge on any atom is -0.342 e. The molecule has 0 radical (unpaired) electrons. The largest absolute Gasteiger partial charge is 0.342 e. The zero-order valence-corrected chi connectivity index (χ0v) is 16.8. The maximum absolute atomic E-state index is 13.8. The van der Waals surface area contributed by atoms with Gasteiger partial charge in [0.25, 0.3) is 0 Å². The van der Waals surface area contributed by atoms with Gasteiger partial charge in [-0.3, -0.25) is 9.59 Å². The first-order valence-corrected chi connectivity index (χ1v) is 11.7. The van der Waals surface area contributed by atoms with Gasteiger partial charge >= 0.3 is 0 Å². The average molecular weight is 373 g/mol. The Hall–Kier alpha value is -1.06. The van der Waals surface area contributed by atoms with Crippen LogP contribution in [0.4, 0.5) is 0 Å². The monoisotopic (exact) mass is 372 g/mol. The van der Waals surface area contributed by atoms with Gasteiger partial charge < -0.3 is 9.80 Å². The summed E-state index contributed by atoms with van der Waals surface area (Å²) in [6, 6.07) is 0. The van der Waals surface area contributed by atoms with Crippen molar-refractivity contribution >= 4 is 11.8 Å². The van der Waals surface area contributed by atoms with Gasteiger partial charge in [0.05, 0.1) is 0 Å². The van der Waals surface area contributed by atoms with E-state index in [2.05, 4.69) is 9.80 Å². The van der Waals surface area contributed by atoms with Crippen LogP contribution in [-0.4, -0.2) is 47.8 Å². The van der Waals surface area contributed by atoms with Gasteiger partial charge in [0, 0.05) is 26.2 Å². The van der Waals surface area contributed by atoms with Crippen LogP contribution >= 0.6 is 0 Å². The molecule has 0 aromatic heterocycles. The number of carbonyl (C=O) groups is 2. The molecule has 0 atom stereocenters. The molecular formula is C23H36N2O2. The second kappa shape index (κ2) is 7.08. The van der Waals surface area contributed by atoms with Crippen molar-refractivity contribution in [1.82, 2.24) is 9.80 Å². The Morgan fingerprint density at radius 1 is 0.630 bits per heavy atom. The quantitative estimate of drug-likeness (QED) is 0.706. The molecule has 6 aliphatic rings. The number of rotatable bonds is 3. The van der Waals surface area contributed by atoms with Crippen LogP contribution in [0.15, 0.2) is 0 Å². The minimum atomic E-state index is -0.373. The lowest BCUT2D eigenvalue weighted by atomic mass is 9.46. The van der Waals surface area contributed by atoms with Gasteiger partial charge in [-0.15, -0.1) is 0 Å². The molecule has 150 valence electrons. The number of piperidine rings is 2. The van der Waals surface area contributed by atoms with Crippen LogP contribution < -0.4 is 0 Å². The third-order valence-electron chi connectivity index (χ3n) is 8.53. The molecule has 0 aromatic carbocycles. The fourth-order valence-corrected chi connectivity index (χ4v) is 7.75. The van der Waals surface area contributed by atoms with Crippen LogP contribution in [-0.2, 0) is 9.59 Å². The van der Waals surface area contributed by atoms with E-state index in [1.807, 2.05) is 0 Å². The molecule has 4 aliphatic carbocycles. The molecule has 4 bridgehead atoms. The Bertz CT molecular complexity index is 524. The predicted octanol–water partition coefficient (Wildman–Crippen LogP) is 3.84. The summed E-state index contributed by atoms with van der Waals surface area (Å²) < 4.78 is 0. The number of amides is 2. The third kappa shape index (κ3) is 3.21. The molecule has 4 saturated carbocycles. The second-order valence-electron chi connectivity index (χ2n) is 10.5. The van der Waals surface area contributed by atoms with Crippen molar-refractivity contribution in [3.63, 3.8) is 0 Å². The van der Waals surface area contributed by atoms with E-state index in [1.54, 1.807) is 0 Å². The van der Waals surface area contributed by atoms with E-state index in [-0.39, 0.29) is 23.1 Å². The second-order valence-corrected chi connectivity index (χ2v) is 10.5.